The minimum atomic E-state index is -3.92. The van der Waals surface area contributed by atoms with E-state index in [0.29, 0.717) is 28.6 Å². The van der Waals surface area contributed by atoms with E-state index in [1.807, 2.05) is 41.9 Å². The molecule has 4 rings (SSSR count). The van der Waals surface area contributed by atoms with E-state index in [2.05, 4.69) is 4.72 Å². The maximum atomic E-state index is 13.1. The minimum Gasteiger partial charge on any atom is -0.495 e. The Labute approximate surface area is 186 Å². The third-order valence-electron chi connectivity index (χ3n) is 5.08. The van der Waals surface area contributed by atoms with Crippen LogP contribution in [0.2, 0.25) is 0 Å². The summed E-state index contributed by atoms with van der Waals surface area (Å²) in [6.45, 7) is 1.99. The summed E-state index contributed by atoms with van der Waals surface area (Å²) in [4.78, 5) is 4.72. The third kappa shape index (κ3) is 3.94. The maximum absolute atomic E-state index is 13.1. The van der Waals surface area contributed by atoms with E-state index in [1.54, 1.807) is 18.2 Å². The van der Waals surface area contributed by atoms with Crippen molar-refractivity contribution < 1.29 is 22.6 Å². The number of benzene rings is 2. The van der Waals surface area contributed by atoms with Gasteiger partial charge in [0.15, 0.2) is 11.5 Å². The predicted octanol–water partition coefficient (Wildman–Crippen LogP) is 4.14. The first-order valence-corrected chi connectivity index (χ1v) is 11.2. The number of nitrogens with one attached hydrogen (secondary N) is 1. The molecule has 0 aliphatic rings. The maximum Gasteiger partial charge on any atom is 0.262 e. The number of aromatic nitrogens is 2. The Hall–Kier alpha value is -3.72. The largest absolute Gasteiger partial charge is 0.495 e. The highest BCUT2D eigenvalue weighted by atomic mass is 32.2. The molecule has 2 aromatic heterocycles. The lowest BCUT2D eigenvalue weighted by atomic mass is 10.1. The Morgan fingerprint density at radius 1 is 0.906 bits per heavy atom. The van der Waals surface area contributed by atoms with E-state index in [0.717, 1.165) is 16.8 Å². The van der Waals surface area contributed by atoms with Gasteiger partial charge in [0.1, 0.15) is 11.4 Å². The van der Waals surface area contributed by atoms with Gasteiger partial charge in [0, 0.05) is 24.0 Å². The van der Waals surface area contributed by atoms with Crippen molar-refractivity contribution >= 4 is 21.4 Å². The van der Waals surface area contributed by atoms with Crippen LogP contribution in [0.5, 0.6) is 17.2 Å². The first kappa shape index (κ1) is 21.5. The van der Waals surface area contributed by atoms with Gasteiger partial charge in [-0.15, -0.1) is 0 Å². The zero-order chi connectivity index (χ0) is 22.9. The van der Waals surface area contributed by atoms with Crippen molar-refractivity contribution in [2.24, 2.45) is 0 Å². The zero-order valence-corrected chi connectivity index (χ0v) is 18.9. The summed E-state index contributed by atoms with van der Waals surface area (Å²) in [6.07, 6.45) is 3.82. The minimum absolute atomic E-state index is 0.0333. The normalized spacial score (nSPS) is 11.4. The second-order valence-electron chi connectivity index (χ2n) is 7.09. The molecule has 2 heterocycles. The van der Waals surface area contributed by atoms with Crippen LogP contribution in [-0.4, -0.2) is 39.1 Å². The fourth-order valence-corrected chi connectivity index (χ4v) is 4.50. The molecular weight excluding hydrogens is 430 g/mol. The van der Waals surface area contributed by atoms with Crippen molar-refractivity contribution in [3.63, 3.8) is 0 Å². The molecule has 8 nitrogen and oxygen atoms in total. The molecule has 0 aliphatic heterocycles. The molecule has 0 atom stereocenters. The molecule has 0 fully saturated rings. The molecule has 0 unspecified atom stereocenters. The van der Waals surface area contributed by atoms with Gasteiger partial charge in [-0.25, -0.2) is 13.4 Å². The summed E-state index contributed by atoms with van der Waals surface area (Å²) in [5.41, 5.74) is 3.65. The molecule has 0 saturated carbocycles. The van der Waals surface area contributed by atoms with Gasteiger partial charge < -0.3 is 18.6 Å². The van der Waals surface area contributed by atoms with Crippen LogP contribution in [0, 0.1) is 6.92 Å². The molecule has 32 heavy (non-hydrogen) atoms. The number of hydrogen-bond acceptors (Lipinski definition) is 6. The monoisotopic (exact) mass is 453 g/mol. The van der Waals surface area contributed by atoms with Crippen LogP contribution < -0.4 is 18.9 Å². The highest BCUT2D eigenvalue weighted by molar-refractivity contribution is 7.92. The molecule has 166 valence electrons. The van der Waals surface area contributed by atoms with E-state index in [9.17, 15) is 8.42 Å². The first-order chi connectivity index (χ1) is 15.4. The average Bonchev–Trinajstić information content (AvgIpc) is 3.24. The number of anilines is 1. The van der Waals surface area contributed by atoms with Gasteiger partial charge in [0.2, 0.25) is 0 Å². The number of aryl methyl sites for hydroxylation is 1. The number of hydrogen-bond donors (Lipinski definition) is 1. The molecule has 0 saturated heterocycles. The molecule has 4 aromatic rings. The average molecular weight is 454 g/mol. The van der Waals surface area contributed by atoms with Crippen molar-refractivity contribution in [3.05, 3.63) is 66.5 Å². The first-order valence-electron chi connectivity index (χ1n) is 9.74. The van der Waals surface area contributed by atoms with Crippen LogP contribution in [0.25, 0.3) is 16.9 Å². The lowest BCUT2D eigenvalue weighted by Gasteiger charge is -2.14. The molecule has 2 aromatic carbocycles. The van der Waals surface area contributed by atoms with E-state index < -0.39 is 10.0 Å². The van der Waals surface area contributed by atoms with Gasteiger partial charge in [-0.05, 0) is 48.9 Å². The number of methoxy groups -OCH3 is 3. The Morgan fingerprint density at radius 3 is 2.31 bits per heavy atom. The quantitative estimate of drug-likeness (QED) is 0.452. The Balaban J connectivity index is 1.73. The number of imidazole rings is 1. The lowest BCUT2D eigenvalue weighted by molar-refractivity contribution is 0.354. The summed E-state index contributed by atoms with van der Waals surface area (Å²) in [7, 11) is 0.495. The molecular formula is C23H23N3O5S. The fraction of sp³-hybridized carbons (Fsp3) is 0.174. The van der Waals surface area contributed by atoms with Crippen molar-refractivity contribution in [2.45, 2.75) is 11.8 Å². The van der Waals surface area contributed by atoms with Gasteiger partial charge in [-0.2, -0.15) is 0 Å². The fourth-order valence-electron chi connectivity index (χ4n) is 3.43. The predicted molar refractivity (Wildman–Crippen MR) is 122 cm³/mol. The number of nitrogens with zero attached hydrogens (tertiary/aromatic N) is 2. The van der Waals surface area contributed by atoms with Crippen molar-refractivity contribution in [1.82, 2.24) is 9.38 Å². The van der Waals surface area contributed by atoms with Gasteiger partial charge in [-0.3, -0.25) is 4.72 Å². The summed E-state index contributed by atoms with van der Waals surface area (Å²) >= 11 is 0. The zero-order valence-electron chi connectivity index (χ0n) is 18.1. The summed E-state index contributed by atoms with van der Waals surface area (Å²) in [5.74, 6) is 1.14. The lowest BCUT2D eigenvalue weighted by Crippen LogP contribution is -2.14. The van der Waals surface area contributed by atoms with Crippen LogP contribution in [0.1, 0.15) is 5.56 Å². The van der Waals surface area contributed by atoms with Gasteiger partial charge in [0.05, 0.1) is 37.6 Å². The molecule has 9 heteroatoms. The van der Waals surface area contributed by atoms with E-state index in [1.165, 1.54) is 33.5 Å². The van der Waals surface area contributed by atoms with Gasteiger partial charge in [0.25, 0.3) is 10.0 Å². The second-order valence-corrected chi connectivity index (χ2v) is 8.77. The van der Waals surface area contributed by atoms with Crippen LogP contribution in [0.3, 0.4) is 0 Å². The van der Waals surface area contributed by atoms with E-state index >= 15 is 0 Å². The van der Waals surface area contributed by atoms with Crippen LogP contribution in [0.15, 0.2) is 65.8 Å². The number of fused-ring (bicyclic) bond motifs is 1. The van der Waals surface area contributed by atoms with Crippen LogP contribution >= 0.6 is 0 Å². The summed E-state index contributed by atoms with van der Waals surface area (Å²) in [5, 5.41) is 0. The van der Waals surface area contributed by atoms with Crippen LogP contribution in [0.4, 0.5) is 5.69 Å². The molecule has 1 N–H and O–H groups in total. The summed E-state index contributed by atoms with van der Waals surface area (Å²) in [6, 6.07) is 13.6. The number of ether oxygens (including phenoxy) is 3. The second kappa shape index (κ2) is 8.43. The Kier molecular flexibility index (Phi) is 5.67. The molecule has 0 spiro atoms. The highest BCUT2D eigenvalue weighted by Gasteiger charge is 2.20. The SMILES string of the molecule is COc1ccc(-c2cn3cccc(C)c3n2)cc1NS(=O)(=O)c1ccc(OC)c(OC)c1. The van der Waals surface area contributed by atoms with Crippen molar-refractivity contribution in [2.75, 3.05) is 26.1 Å². The third-order valence-corrected chi connectivity index (χ3v) is 6.45. The molecule has 0 aliphatic carbocycles. The standard InChI is InChI=1S/C23H23N3O5S/c1-15-6-5-11-26-14-19(24-23(15)26)16-7-9-20(29-2)18(12-16)25-32(27,28)17-8-10-21(30-3)22(13-17)31-4/h5-14,25H,1-4H3. The van der Waals surface area contributed by atoms with Crippen molar-refractivity contribution in [1.29, 1.82) is 0 Å². The van der Waals surface area contributed by atoms with Crippen molar-refractivity contribution in [3.8, 4) is 28.5 Å². The number of rotatable bonds is 7. The van der Waals surface area contributed by atoms with Gasteiger partial charge >= 0.3 is 0 Å². The number of pyridine rings is 1. The highest BCUT2D eigenvalue weighted by Crippen LogP contribution is 2.34. The van der Waals surface area contributed by atoms with Gasteiger partial charge in [-0.1, -0.05) is 6.07 Å². The summed E-state index contributed by atoms with van der Waals surface area (Å²) < 4.78 is 46.5. The van der Waals surface area contributed by atoms with Crippen LogP contribution in [-0.2, 0) is 10.0 Å². The smallest absolute Gasteiger partial charge is 0.262 e. The number of sulfonamides is 1. The van der Waals surface area contributed by atoms with E-state index in [-0.39, 0.29) is 4.90 Å². The molecule has 0 amide bonds. The van der Waals surface area contributed by atoms with E-state index in [4.69, 9.17) is 19.2 Å². The Morgan fingerprint density at radius 2 is 1.62 bits per heavy atom. The topological polar surface area (TPSA) is 91.2 Å². The molecule has 0 radical (unpaired) electrons. The Bertz CT molecular complexity index is 1400. The molecule has 0 bridgehead atoms.